The molecule has 0 aliphatic carbocycles. The third-order valence-electron chi connectivity index (χ3n) is 2.93. The average molecular weight is 232 g/mol. The molecule has 1 aromatic carbocycles. The number of hydrogen-bond acceptors (Lipinski definition) is 1. The normalized spacial score (nSPS) is 13.1. The van der Waals surface area contributed by atoms with Gasteiger partial charge in [0, 0.05) is 0 Å². The minimum absolute atomic E-state index is 0.344. The highest BCUT2D eigenvalue weighted by Gasteiger charge is 1.99. The monoisotopic (exact) mass is 232 g/mol. The second-order valence-corrected chi connectivity index (χ2v) is 4.77. The lowest BCUT2D eigenvalue weighted by Crippen LogP contribution is -1.95. The Morgan fingerprint density at radius 3 is 2.53 bits per heavy atom. The summed E-state index contributed by atoms with van der Waals surface area (Å²) in [5, 5.41) is 9.20. The quantitative estimate of drug-likeness (QED) is 0.533. The lowest BCUT2D eigenvalue weighted by Gasteiger charge is -2.06. The predicted octanol–water partition coefficient (Wildman–Crippen LogP) is 4.71. The van der Waals surface area contributed by atoms with Crippen molar-refractivity contribution in [1.82, 2.24) is 0 Å². The smallest absolute Gasteiger partial charge is 0.115 e. The molecular weight excluding hydrogens is 208 g/mol. The van der Waals surface area contributed by atoms with Crippen LogP contribution in [0.15, 0.2) is 36.4 Å². The average Bonchev–Trinajstić information content (AvgIpc) is 2.32. The van der Waals surface area contributed by atoms with Gasteiger partial charge >= 0.3 is 0 Å². The molecule has 1 N–H and O–H groups in total. The number of rotatable bonds is 7. The summed E-state index contributed by atoms with van der Waals surface area (Å²) >= 11 is 0. The van der Waals surface area contributed by atoms with E-state index in [9.17, 15) is 5.11 Å². The summed E-state index contributed by atoms with van der Waals surface area (Å²) in [5.41, 5.74) is 1.29. The van der Waals surface area contributed by atoms with E-state index in [-0.39, 0.29) is 0 Å². The number of aromatic hydroxyl groups is 1. The van der Waals surface area contributed by atoms with Gasteiger partial charge in [-0.2, -0.15) is 0 Å². The van der Waals surface area contributed by atoms with Crippen molar-refractivity contribution in [3.05, 3.63) is 42.0 Å². The zero-order valence-corrected chi connectivity index (χ0v) is 11.0. The van der Waals surface area contributed by atoms with Gasteiger partial charge in [0.1, 0.15) is 5.75 Å². The first-order valence-electron chi connectivity index (χ1n) is 6.67. The molecule has 1 atom stereocenters. The minimum atomic E-state index is 0.344. The van der Waals surface area contributed by atoms with Crippen LogP contribution in [-0.2, 0) is 6.42 Å². The van der Waals surface area contributed by atoms with E-state index in [1.165, 1.54) is 31.2 Å². The zero-order chi connectivity index (χ0) is 12.5. The van der Waals surface area contributed by atoms with Gasteiger partial charge in [-0.15, -0.1) is 0 Å². The first-order chi connectivity index (χ1) is 8.22. The van der Waals surface area contributed by atoms with Crippen LogP contribution in [0.4, 0.5) is 0 Å². The van der Waals surface area contributed by atoms with Gasteiger partial charge in [0.05, 0.1) is 0 Å². The number of unbranched alkanes of at least 4 members (excludes halogenated alkanes) is 3. The zero-order valence-electron chi connectivity index (χ0n) is 11.0. The van der Waals surface area contributed by atoms with Gasteiger partial charge < -0.3 is 5.11 Å². The predicted molar refractivity (Wildman–Crippen MR) is 74.3 cm³/mol. The van der Waals surface area contributed by atoms with Gasteiger partial charge in [-0.3, -0.25) is 0 Å². The molecule has 17 heavy (non-hydrogen) atoms. The van der Waals surface area contributed by atoms with Gasteiger partial charge in [0.2, 0.25) is 0 Å². The molecule has 94 valence electrons. The van der Waals surface area contributed by atoms with Crippen molar-refractivity contribution >= 4 is 0 Å². The lowest BCUT2D eigenvalue weighted by molar-refractivity contribution is 0.475. The Kier molecular flexibility index (Phi) is 6.46. The van der Waals surface area contributed by atoms with Crippen molar-refractivity contribution in [3.63, 3.8) is 0 Å². The van der Waals surface area contributed by atoms with E-state index in [4.69, 9.17) is 0 Å². The third-order valence-corrected chi connectivity index (χ3v) is 2.93. The van der Waals surface area contributed by atoms with Crippen LogP contribution < -0.4 is 0 Å². The highest BCUT2D eigenvalue weighted by Crippen LogP contribution is 2.14. The fraction of sp³-hybridized carbons (Fsp3) is 0.500. The summed E-state index contributed by atoms with van der Waals surface area (Å²) in [6.45, 7) is 4.47. The topological polar surface area (TPSA) is 20.2 Å². The fourth-order valence-corrected chi connectivity index (χ4v) is 1.91. The van der Waals surface area contributed by atoms with Gasteiger partial charge in [-0.25, -0.2) is 0 Å². The van der Waals surface area contributed by atoms with Crippen LogP contribution in [0.5, 0.6) is 5.75 Å². The minimum Gasteiger partial charge on any atom is -0.508 e. The van der Waals surface area contributed by atoms with Crippen molar-refractivity contribution < 1.29 is 5.11 Å². The first-order valence-corrected chi connectivity index (χ1v) is 6.67. The van der Waals surface area contributed by atoms with E-state index < -0.39 is 0 Å². The van der Waals surface area contributed by atoms with Gasteiger partial charge in [-0.1, -0.05) is 51.0 Å². The molecule has 1 nitrogen and oxygen atoms in total. The van der Waals surface area contributed by atoms with E-state index in [0.29, 0.717) is 11.7 Å². The molecule has 0 aliphatic rings. The van der Waals surface area contributed by atoms with Crippen molar-refractivity contribution in [3.8, 4) is 5.75 Å². The summed E-state index contributed by atoms with van der Waals surface area (Å²) in [5.74, 6) is 0.915. The Labute approximate surface area is 105 Å². The number of phenols is 1. The molecule has 1 unspecified atom stereocenters. The summed E-state index contributed by atoms with van der Waals surface area (Å²) in [4.78, 5) is 0. The van der Waals surface area contributed by atoms with E-state index >= 15 is 0 Å². The summed E-state index contributed by atoms with van der Waals surface area (Å²) in [6.07, 6.45) is 10.8. The third kappa shape index (κ3) is 6.15. The van der Waals surface area contributed by atoms with E-state index in [0.717, 1.165) is 6.42 Å². The Balaban J connectivity index is 2.28. The Bertz CT molecular complexity index is 324. The molecule has 1 heteroatoms. The standard InChI is InChI=1S/C16H24O/c1-3-4-5-6-7-8-14(2)13-15-9-11-16(17)12-10-15/h7-12,14,17H,3-6,13H2,1-2H3. The molecule has 1 aromatic rings. The first kappa shape index (κ1) is 13.8. The number of hydrogen-bond donors (Lipinski definition) is 1. The Hall–Kier alpha value is -1.24. The van der Waals surface area contributed by atoms with Crippen LogP contribution in [0.3, 0.4) is 0 Å². The molecule has 0 heterocycles. The molecule has 0 amide bonds. The molecule has 1 rings (SSSR count). The van der Waals surface area contributed by atoms with Crippen LogP contribution in [0.25, 0.3) is 0 Å². The number of allylic oxidation sites excluding steroid dienone is 2. The van der Waals surface area contributed by atoms with Crippen LogP contribution in [-0.4, -0.2) is 5.11 Å². The maximum atomic E-state index is 9.20. The Morgan fingerprint density at radius 1 is 1.18 bits per heavy atom. The number of benzene rings is 1. The molecule has 0 aliphatic heterocycles. The van der Waals surface area contributed by atoms with Crippen molar-refractivity contribution in [2.45, 2.75) is 46.0 Å². The maximum Gasteiger partial charge on any atom is 0.115 e. The maximum absolute atomic E-state index is 9.20. The lowest BCUT2D eigenvalue weighted by atomic mass is 10.00. The van der Waals surface area contributed by atoms with Crippen LogP contribution in [0, 0.1) is 5.92 Å². The fourth-order valence-electron chi connectivity index (χ4n) is 1.91. The Morgan fingerprint density at radius 2 is 1.88 bits per heavy atom. The molecule has 0 aromatic heterocycles. The molecule has 0 spiro atoms. The number of phenolic OH excluding ortho intramolecular Hbond substituents is 1. The van der Waals surface area contributed by atoms with E-state index in [1.807, 2.05) is 12.1 Å². The van der Waals surface area contributed by atoms with E-state index in [2.05, 4.69) is 26.0 Å². The molecular formula is C16H24O. The largest absolute Gasteiger partial charge is 0.508 e. The highest BCUT2D eigenvalue weighted by atomic mass is 16.3. The second kappa shape index (κ2) is 7.94. The molecule has 0 saturated carbocycles. The van der Waals surface area contributed by atoms with Crippen LogP contribution >= 0.6 is 0 Å². The molecule has 0 radical (unpaired) electrons. The summed E-state index contributed by atoms with van der Waals surface area (Å²) in [6, 6.07) is 7.51. The molecule has 0 saturated heterocycles. The van der Waals surface area contributed by atoms with Gasteiger partial charge in [0.25, 0.3) is 0 Å². The van der Waals surface area contributed by atoms with Crippen molar-refractivity contribution in [1.29, 1.82) is 0 Å². The molecule has 0 fully saturated rings. The van der Waals surface area contributed by atoms with Crippen LogP contribution in [0.1, 0.15) is 45.1 Å². The summed E-state index contributed by atoms with van der Waals surface area (Å²) in [7, 11) is 0. The van der Waals surface area contributed by atoms with Crippen molar-refractivity contribution in [2.24, 2.45) is 5.92 Å². The second-order valence-electron chi connectivity index (χ2n) is 4.77. The summed E-state index contributed by atoms with van der Waals surface area (Å²) < 4.78 is 0. The van der Waals surface area contributed by atoms with Gasteiger partial charge in [-0.05, 0) is 42.9 Å². The van der Waals surface area contributed by atoms with E-state index in [1.54, 1.807) is 12.1 Å². The SMILES string of the molecule is CCCCCC=CC(C)Cc1ccc(O)cc1. The van der Waals surface area contributed by atoms with Gasteiger partial charge in [0.15, 0.2) is 0 Å². The molecule has 0 bridgehead atoms. The van der Waals surface area contributed by atoms with Crippen molar-refractivity contribution in [2.75, 3.05) is 0 Å². The van der Waals surface area contributed by atoms with Crippen LogP contribution in [0.2, 0.25) is 0 Å². The highest BCUT2D eigenvalue weighted by molar-refractivity contribution is 5.26.